The summed E-state index contributed by atoms with van der Waals surface area (Å²) in [7, 11) is -4.07. The van der Waals surface area contributed by atoms with Crippen molar-refractivity contribution in [1.29, 1.82) is 0 Å². The fraction of sp³-hybridized carbons (Fsp3) is 0.167. The molecule has 0 aliphatic rings. The maximum absolute atomic E-state index is 13.4. The third-order valence-corrected chi connectivity index (χ3v) is 6.64. The van der Waals surface area contributed by atoms with Crippen molar-refractivity contribution < 1.29 is 18.0 Å². The van der Waals surface area contributed by atoms with E-state index in [4.69, 9.17) is 11.6 Å². The topological polar surface area (TPSA) is 95.6 Å². The Bertz CT molecular complexity index is 1230. The van der Waals surface area contributed by atoms with Crippen LogP contribution in [-0.2, 0) is 14.8 Å². The minimum atomic E-state index is -4.07. The lowest BCUT2D eigenvalue weighted by atomic mass is 10.1. The Morgan fingerprint density at radius 1 is 0.909 bits per heavy atom. The maximum Gasteiger partial charge on any atom is 0.264 e. The summed E-state index contributed by atoms with van der Waals surface area (Å²) in [6.07, 6.45) is 0. The molecule has 0 saturated carbocycles. The summed E-state index contributed by atoms with van der Waals surface area (Å²) in [5.41, 5.74) is 0.900. The first kappa shape index (κ1) is 24.3. The summed E-state index contributed by atoms with van der Waals surface area (Å²) in [5, 5.41) is 5.85. The molecule has 172 valence electrons. The van der Waals surface area contributed by atoms with Crippen LogP contribution >= 0.6 is 11.6 Å². The molecule has 0 aliphatic heterocycles. The molecule has 33 heavy (non-hydrogen) atoms. The quantitative estimate of drug-likeness (QED) is 0.497. The molecular formula is C24H24ClN3O4S. The molecule has 7 nitrogen and oxygen atoms in total. The van der Waals surface area contributed by atoms with Crippen molar-refractivity contribution in [2.45, 2.75) is 24.8 Å². The molecule has 0 saturated heterocycles. The third kappa shape index (κ3) is 6.12. The molecule has 0 fully saturated rings. The minimum Gasteiger partial charge on any atom is -0.350 e. The number of amides is 2. The number of nitrogens with zero attached hydrogens (tertiary/aromatic N) is 1. The SMILES string of the molecule is CC(C)NC(=O)c1ccccc1NC(=O)CN(c1ccccc1)S(=O)(=O)c1ccc(Cl)cc1. The van der Waals surface area contributed by atoms with Crippen LogP contribution in [0.25, 0.3) is 0 Å². The van der Waals surface area contributed by atoms with Gasteiger partial charge in [-0.05, 0) is 62.4 Å². The van der Waals surface area contributed by atoms with E-state index < -0.39 is 22.5 Å². The van der Waals surface area contributed by atoms with Crippen LogP contribution in [0.15, 0.2) is 83.8 Å². The first-order valence-corrected chi connectivity index (χ1v) is 12.0. The second-order valence-corrected chi connectivity index (χ2v) is 9.82. The van der Waals surface area contributed by atoms with Crippen LogP contribution in [-0.4, -0.2) is 32.8 Å². The number of benzene rings is 3. The Balaban J connectivity index is 1.90. The monoisotopic (exact) mass is 485 g/mol. The Morgan fingerprint density at radius 3 is 2.15 bits per heavy atom. The smallest absolute Gasteiger partial charge is 0.264 e. The normalized spacial score (nSPS) is 11.2. The van der Waals surface area contributed by atoms with Crippen molar-refractivity contribution >= 4 is 44.8 Å². The van der Waals surface area contributed by atoms with Crippen LogP contribution in [0.2, 0.25) is 5.02 Å². The van der Waals surface area contributed by atoms with Crippen molar-refractivity contribution in [1.82, 2.24) is 5.32 Å². The van der Waals surface area contributed by atoms with Gasteiger partial charge < -0.3 is 10.6 Å². The van der Waals surface area contributed by atoms with Crippen LogP contribution in [0.4, 0.5) is 11.4 Å². The number of sulfonamides is 1. The predicted octanol–water partition coefficient (Wildman–Crippen LogP) is 4.31. The lowest BCUT2D eigenvalue weighted by Crippen LogP contribution is -2.38. The van der Waals surface area contributed by atoms with E-state index in [1.165, 1.54) is 24.3 Å². The number of anilines is 2. The van der Waals surface area contributed by atoms with Crippen molar-refractivity contribution in [3.05, 3.63) is 89.4 Å². The zero-order valence-corrected chi connectivity index (χ0v) is 19.7. The van der Waals surface area contributed by atoms with Gasteiger partial charge in [0.25, 0.3) is 15.9 Å². The van der Waals surface area contributed by atoms with E-state index >= 15 is 0 Å². The molecule has 0 aliphatic carbocycles. The number of para-hydroxylation sites is 2. The van der Waals surface area contributed by atoms with Crippen molar-refractivity contribution in [3.63, 3.8) is 0 Å². The van der Waals surface area contributed by atoms with Crippen LogP contribution in [0.5, 0.6) is 0 Å². The summed E-state index contributed by atoms with van der Waals surface area (Å²) >= 11 is 5.90. The Kier molecular flexibility index (Phi) is 7.73. The van der Waals surface area contributed by atoms with E-state index in [-0.39, 0.29) is 28.1 Å². The molecule has 2 amide bonds. The molecule has 0 bridgehead atoms. The Hall–Kier alpha value is -3.36. The van der Waals surface area contributed by atoms with Gasteiger partial charge in [0.05, 0.1) is 21.8 Å². The van der Waals surface area contributed by atoms with Gasteiger partial charge in [-0.25, -0.2) is 8.42 Å². The highest BCUT2D eigenvalue weighted by Gasteiger charge is 2.27. The minimum absolute atomic E-state index is 0.000245. The number of carbonyl (C=O) groups is 2. The van der Waals surface area contributed by atoms with Gasteiger partial charge in [-0.15, -0.1) is 0 Å². The zero-order chi connectivity index (χ0) is 24.0. The average Bonchev–Trinajstić information content (AvgIpc) is 2.78. The Morgan fingerprint density at radius 2 is 1.52 bits per heavy atom. The zero-order valence-electron chi connectivity index (χ0n) is 18.2. The molecular weight excluding hydrogens is 462 g/mol. The predicted molar refractivity (Wildman–Crippen MR) is 130 cm³/mol. The van der Waals surface area contributed by atoms with E-state index in [1.807, 2.05) is 13.8 Å². The van der Waals surface area contributed by atoms with Crippen molar-refractivity contribution in [2.75, 3.05) is 16.2 Å². The highest BCUT2D eigenvalue weighted by Crippen LogP contribution is 2.25. The first-order valence-electron chi connectivity index (χ1n) is 10.2. The third-order valence-electron chi connectivity index (χ3n) is 4.60. The van der Waals surface area contributed by atoms with Gasteiger partial charge >= 0.3 is 0 Å². The van der Waals surface area contributed by atoms with E-state index in [0.29, 0.717) is 10.7 Å². The number of carbonyl (C=O) groups excluding carboxylic acids is 2. The molecule has 2 N–H and O–H groups in total. The molecule has 3 aromatic carbocycles. The number of hydrogen-bond acceptors (Lipinski definition) is 4. The summed E-state index contributed by atoms with van der Waals surface area (Å²) in [4.78, 5) is 25.4. The van der Waals surface area contributed by atoms with Crippen LogP contribution < -0.4 is 14.9 Å². The van der Waals surface area contributed by atoms with Gasteiger partial charge in [-0.2, -0.15) is 0 Å². The standard InChI is InChI=1S/C24H24ClN3O4S/c1-17(2)26-24(30)21-10-6-7-11-22(21)27-23(29)16-28(19-8-4-3-5-9-19)33(31,32)20-14-12-18(25)13-15-20/h3-15,17H,16H2,1-2H3,(H,26,30)(H,27,29). The molecule has 0 unspecified atom stereocenters. The average molecular weight is 486 g/mol. The number of rotatable bonds is 8. The first-order chi connectivity index (χ1) is 15.7. The van der Waals surface area contributed by atoms with Crippen LogP contribution in [0.3, 0.4) is 0 Å². The Labute approximate surface area is 198 Å². The van der Waals surface area contributed by atoms with Crippen LogP contribution in [0.1, 0.15) is 24.2 Å². The number of hydrogen-bond donors (Lipinski definition) is 2. The van der Waals surface area contributed by atoms with Crippen molar-refractivity contribution in [2.24, 2.45) is 0 Å². The summed E-state index contributed by atoms with van der Waals surface area (Å²) < 4.78 is 27.8. The molecule has 3 aromatic rings. The lowest BCUT2D eigenvalue weighted by molar-refractivity contribution is -0.114. The molecule has 9 heteroatoms. The molecule has 0 spiro atoms. The number of nitrogens with one attached hydrogen (secondary N) is 2. The molecule has 0 radical (unpaired) electrons. The second-order valence-electron chi connectivity index (χ2n) is 7.52. The van der Waals surface area contributed by atoms with Gasteiger partial charge in [0, 0.05) is 11.1 Å². The molecule has 0 heterocycles. The van der Waals surface area contributed by atoms with E-state index in [1.54, 1.807) is 54.6 Å². The van der Waals surface area contributed by atoms with Crippen LogP contribution in [0, 0.1) is 0 Å². The fourth-order valence-corrected chi connectivity index (χ4v) is 4.64. The number of halogens is 1. The lowest BCUT2D eigenvalue weighted by Gasteiger charge is -2.24. The largest absolute Gasteiger partial charge is 0.350 e. The molecule has 0 atom stereocenters. The summed E-state index contributed by atoms with van der Waals surface area (Å²) in [5.74, 6) is -0.934. The van der Waals surface area contributed by atoms with Gasteiger partial charge in [0.15, 0.2) is 0 Å². The van der Waals surface area contributed by atoms with E-state index in [2.05, 4.69) is 10.6 Å². The van der Waals surface area contributed by atoms with Gasteiger partial charge in [0.1, 0.15) is 6.54 Å². The highest BCUT2D eigenvalue weighted by atomic mass is 35.5. The summed E-state index contributed by atoms with van der Waals surface area (Å²) in [6.45, 7) is 3.17. The fourth-order valence-electron chi connectivity index (χ4n) is 3.09. The van der Waals surface area contributed by atoms with E-state index in [0.717, 1.165) is 4.31 Å². The van der Waals surface area contributed by atoms with Crippen molar-refractivity contribution in [3.8, 4) is 0 Å². The maximum atomic E-state index is 13.4. The van der Waals surface area contributed by atoms with Gasteiger partial charge in [0.2, 0.25) is 5.91 Å². The summed E-state index contributed by atoms with van der Waals surface area (Å²) in [6, 6.07) is 20.5. The second kappa shape index (κ2) is 10.5. The van der Waals surface area contributed by atoms with E-state index in [9.17, 15) is 18.0 Å². The highest BCUT2D eigenvalue weighted by molar-refractivity contribution is 7.92. The molecule has 0 aromatic heterocycles. The van der Waals surface area contributed by atoms with Gasteiger partial charge in [-0.3, -0.25) is 13.9 Å². The van der Waals surface area contributed by atoms with Gasteiger partial charge in [-0.1, -0.05) is 41.9 Å². The molecule has 3 rings (SSSR count).